The van der Waals surface area contributed by atoms with Crippen molar-refractivity contribution < 1.29 is 9.47 Å². The molecule has 2 rings (SSSR count). The van der Waals surface area contributed by atoms with Crippen molar-refractivity contribution in [2.45, 2.75) is 12.7 Å². The lowest BCUT2D eigenvalue weighted by molar-refractivity contribution is 0.295. The number of nitrogens with zero attached hydrogens (tertiary/aromatic N) is 2. The SMILES string of the molecule is C=CCOc1c(OCC)cc(C=NN=C(N)SCc2ccccc2)c(Br)c1Br. The number of nitrogens with two attached hydrogens (primary N) is 1. The van der Waals surface area contributed by atoms with Gasteiger partial charge in [0.2, 0.25) is 0 Å². The second-order valence-electron chi connectivity index (χ2n) is 5.41. The zero-order chi connectivity index (χ0) is 20.4. The molecule has 0 spiro atoms. The predicted octanol–water partition coefficient (Wildman–Crippen LogP) is 5.76. The topological polar surface area (TPSA) is 69.2 Å². The first-order valence-electron chi connectivity index (χ1n) is 8.48. The Balaban J connectivity index is 2.14. The summed E-state index contributed by atoms with van der Waals surface area (Å²) < 4.78 is 12.9. The molecule has 0 radical (unpaired) electrons. The Morgan fingerprint density at radius 3 is 2.64 bits per heavy atom. The van der Waals surface area contributed by atoms with Crippen LogP contribution in [0.3, 0.4) is 0 Å². The molecule has 2 aromatic rings. The van der Waals surface area contributed by atoms with Gasteiger partial charge in [0.25, 0.3) is 0 Å². The maximum Gasteiger partial charge on any atom is 0.180 e. The van der Waals surface area contributed by atoms with Gasteiger partial charge >= 0.3 is 0 Å². The molecule has 0 aliphatic heterocycles. The van der Waals surface area contributed by atoms with Crippen molar-refractivity contribution in [1.82, 2.24) is 0 Å². The molecule has 148 valence electrons. The van der Waals surface area contributed by atoms with Crippen molar-refractivity contribution in [3.05, 3.63) is 69.1 Å². The van der Waals surface area contributed by atoms with Gasteiger partial charge in [0.1, 0.15) is 6.61 Å². The minimum absolute atomic E-state index is 0.373. The number of hydrogen-bond acceptors (Lipinski definition) is 5. The smallest absolute Gasteiger partial charge is 0.180 e. The van der Waals surface area contributed by atoms with Gasteiger partial charge in [-0.3, -0.25) is 0 Å². The highest BCUT2D eigenvalue weighted by Crippen LogP contribution is 2.42. The molecule has 0 fully saturated rings. The van der Waals surface area contributed by atoms with Gasteiger partial charge in [0.15, 0.2) is 16.7 Å². The monoisotopic (exact) mass is 525 g/mol. The van der Waals surface area contributed by atoms with Crippen LogP contribution in [0.25, 0.3) is 0 Å². The third kappa shape index (κ3) is 6.68. The van der Waals surface area contributed by atoms with E-state index in [2.05, 4.69) is 48.6 Å². The zero-order valence-corrected chi connectivity index (χ0v) is 19.4. The quantitative estimate of drug-likeness (QED) is 0.195. The van der Waals surface area contributed by atoms with E-state index in [1.54, 1.807) is 12.3 Å². The van der Waals surface area contributed by atoms with Gasteiger partial charge in [-0.05, 0) is 50.4 Å². The Morgan fingerprint density at radius 2 is 1.96 bits per heavy atom. The molecule has 0 bridgehead atoms. The molecule has 0 amide bonds. The molecule has 8 heteroatoms. The second kappa shape index (κ2) is 11.9. The molecule has 5 nitrogen and oxygen atoms in total. The average Bonchev–Trinajstić information content (AvgIpc) is 2.71. The Kier molecular flexibility index (Phi) is 9.60. The number of thioether (sulfide) groups is 1. The molecule has 0 heterocycles. The Morgan fingerprint density at radius 1 is 1.21 bits per heavy atom. The summed E-state index contributed by atoms with van der Waals surface area (Å²) in [5.74, 6) is 1.95. The normalized spacial score (nSPS) is 11.6. The maximum atomic E-state index is 5.93. The highest BCUT2D eigenvalue weighted by molar-refractivity contribution is 9.13. The van der Waals surface area contributed by atoms with Crippen LogP contribution in [0.4, 0.5) is 0 Å². The molecule has 0 aliphatic carbocycles. The van der Waals surface area contributed by atoms with Crippen molar-refractivity contribution in [2.75, 3.05) is 13.2 Å². The molecular formula is C20H21Br2N3O2S. The predicted molar refractivity (Wildman–Crippen MR) is 126 cm³/mol. The van der Waals surface area contributed by atoms with Crippen molar-refractivity contribution >= 4 is 55.0 Å². The fraction of sp³-hybridized carbons (Fsp3) is 0.200. The van der Waals surface area contributed by atoms with Crippen molar-refractivity contribution in [3.8, 4) is 11.5 Å². The Labute approximate surface area is 186 Å². The molecule has 0 saturated carbocycles. The highest BCUT2D eigenvalue weighted by Gasteiger charge is 2.16. The third-order valence-corrected chi connectivity index (χ3v) is 6.38. The van der Waals surface area contributed by atoms with E-state index in [-0.39, 0.29) is 0 Å². The molecule has 2 N–H and O–H groups in total. The highest BCUT2D eigenvalue weighted by atomic mass is 79.9. The number of halogens is 2. The van der Waals surface area contributed by atoms with E-state index in [4.69, 9.17) is 15.2 Å². The van der Waals surface area contributed by atoms with Crippen molar-refractivity contribution in [2.24, 2.45) is 15.9 Å². The first-order chi connectivity index (χ1) is 13.6. The summed E-state index contributed by atoms with van der Waals surface area (Å²) in [4.78, 5) is 0. The number of ether oxygens (including phenoxy) is 2. The lowest BCUT2D eigenvalue weighted by Crippen LogP contribution is -2.06. The minimum Gasteiger partial charge on any atom is -0.490 e. The lowest BCUT2D eigenvalue weighted by atomic mass is 10.2. The summed E-state index contributed by atoms with van der Waals surface area (Å²) in [6.07, 6.45) is 3.29. The standard InChI is InChI=1S/C20H21Br2N3O2S/c1-3-10-27-19-16(26-4-2)11-15(17(21)18(19)22)12-24-25-20(23)28-13-14-8-6-5-7-9-14/h3,5-9,11-12H,1,4,10,13H2,2H3,(H2,23,25). The van der Waals surface area contributed by atoms with Crippen LogP contribution < -0.4 is 15.2 Å². The van der Waals surface area contributed by atoms with Crippen LogP contribution in [0.1, 0.15) is 18.1 Å². The van der Waals surface area contributed by atoms with Gasteiger partial charge in [-0.25, -0.2) is 0 Å². The number of amidine groups is 1. The maximum absolute atomic E-state index is 5.93. The fourth-order valence-corrected chi connectivity index (χ4v) is 3.69. The first kappa shape index (κ1) is 22.5. The van der Waals surface area contributed by atoms with E-state index in [0.29, 0.717) is 29.9 Å². The summed E-state index contributed by atoms with van der Waals surface area (Å²) in [6, 6.07) is 11.9. The van der Waals surface area contributed by atoms with E-state index in [9.17, 15) is 0 Å². The molecule has 0 unspecified atom stereocenters. The largest absolute Gasteiger partial charge is 0.490 e. The van der Waals surface area contributed by atoms with Gasteiger partial charge in [-0.2, -0.15) is 5.10 Å². The van der Waals surface area contributed by atoms with Crippen LogP contribution in [0.15, 0.2) is 68.2 Å². The number of benzene rings is 2. The summed E-state index contributed by atoms with van der Waals surface area (Å²) in [5, 5.41) is 8.56. The van der Waals surface area contributed by atoms with Gasteiger partial charge in [0, 0.05) is 15.8 Å². The van der Waals surface area contributed by atoms with Gasteiger partial charge < -0.3 is 15.2 Å². The van der Waals surface area contributed by atoms with Crippen LogP contribution in [0.5, 0.6) is 11.5 Å². The van der Waals surface area contributed by atoms with E-state index < -0.39 is 0 Å². The molecule has 0 saturated heterocycles. The van der Waals surface area contributed by atoms with E-state index in [1.165, 1.54) is 17.3 Å². The van der Waals surface area contributed by atoms with Crippen LogP contribution in [0.2, 0.25) is 0 Å². The van der Waals surface area contributed by atoms with Gasteiger partial charge in [-0.15, -0.1) is 5.10 Å². The van der Waals surface area contributed by atoms with Gasteiger partial charge in [0.05, 0.1) is 17.3 Å². The first-order valence-corrected chi connectivity index (χ1v) is 11.1. The summed E-state index contributed by atoms with van der Waals surface area (Å²) in [6.45, 7) is 6.47. The molecule has 0 atom stereocenters. The van der Waals surface area contributed by atoms with E-state index >= 15 is 0 Å². The number of rotatable bonds is 9. The van der Waals surface area contributed by atoms with Gasteiger partial charge in [-0.1, -0.05) is 54.7 Å². The van der Waals surface area contributed by atoms with E-state index in [0.717, 1.165) is 20.3 Å². The Bertz CT molecular complexity index is 858. The molecular weight excluding hydrogens is 506 g/mol. The fourth-order valence-electron chi connectivity index (χ4n) is 2.15. The summed E-state index contributed by atoms with van der Waals surface area (Å²) >= 11 is 8.53. The summed E-state index contributed by atoms with van der Waals surface area (Å²) in [7, 11) is 0. The van der Waals surface area contributed by atoms with Crippen LogP contribution in [-0.4, -0.2) is 24.6 Å². The van der Waals surface area contributed by atoms with Crippen molar-refractivity contribution in [1.29, 1.82) is 0 Å². The number of hydrogen-bond donors (Lipinski definition) is 1. The summed E-state index contributed by atoms with van der Waals surface area (Å²) in [5.41, 5.74) is 7.90. The second-order valence-corrected chi connectivity index (χ2v) is 7.99. The van der Waals surface area contributed by atoms with Crippen LogP contribution >= 0.6 is 43.6 Å². The molecule has 0 aliphatic rings. The average molecular weight is 527 g/mol. The minimum atomic E-state index is 0.373. The zero-order valence-electron chi connectivity index (χ0n) is 15.4. The lowest BCUT2D eigenvalue weighted by Gasteiger charge is -2.15. The van der Waals surface area contributed by atoms with Crippen molar-refractivity contribution in [3.63, 3.8) is 0 Å². The van der Waals surface area contributed by atoms with Crippen LogP contribution in [-0.2, 0) is 5.75 Å². The van der Waals surface area contributed by atoms with Crippen LogP contribution in [0, 0.1) is 0 Å². The van der Waals surface area contributed by atoms with E-state index in [1.807, 2.05) is 43.3 Å². The molecule has 2 aromatic carbocycles. The molecule has 28 heavy (non-hydrogen) atoms. The third-order valence-electron chi connectivity index (χ3n) is 3.38. The molecule has 0 aromatic heterocycles. The Hall–Kier alpha value is -1.77.